The maximum absolute atomic E-state index is 12.0. The van der Waals surface area contributed by atoms with E-state index in [4.69, 9.17) is 15.2 Å². The Morgan fingerprint density at radius 3 is 2.95 bits per heavy atom. The van der Waals surface area contributed by atoms with E-state index in [9.17, 15) is 4.79 Å². The fourth-order valence-corrected chi connectivity index (χ4v) is 2.19. The molecule has 1 amide bonds. The lowest BCUT2D eigenvalue weighted by Gasteiger charge is -2.20. The summed E-state index contributed by atoms with van der Waals surface area (Å²) in [6.45, 7) is 0.595. The van der Waals surface area contributed by atoms with Gasteiger partial charge in [0.1, 0.15) is 0 Å². The highest BCUT2D eigenvalue weighted by Crippen LogP contribution is 2.14. The summed E-state index contributed by atoms with van der Waals surface area (Å²) >= 11 is 0. The molecular weight excluding hydrogens is 244 g/mol. The first-order valence-electron chi connectivity index (χ1n) is 6.45. The molecule has 1 aromatic rings. The number of ether oxygens (including phenoxy) is 2. The molecule has 0 spiro atoms. The summed E-state index contributed by atoms with van der Waals surface area (Å²) in [4.78, 5) is 12.0. The number of hydrogen-bond donors (Lipinski definition) is 2. The van der Waals surface area contributed by atoms with Gasteiger partial charge in [0, 0.05) is 7.11 Å². The second-order valence-corrected chi connectivity index (χ2v) is 4.67. The van der Waals surface area contributed by atoms with Crippen molar-refractivity contribution >= 4 is 5.91 Å². The smallest absolute Gasteiger partial charge is 0.237 e. The Kier molecular flexibility index (Phi) is 4.90. The fourth-order valence-electron chi connectivity index (χ4n) is 2.19. The van der Waals surface area contributed by atoms with Crippen LogP contribution in [0.1, 0.15) is 12.0 Å². The Morgan fingerprint density at radius 2 is 2.26 bits per heavy atom. The van der Waals surface area contributed by atoms with Crippen molar-refractivity contribution in [2.75, 3.05) is 13.7 Å². The van der Waals surface area contributed by atoms with E-state index in [0.717, 1.165) is 12.0 Å². The number of methoxy groups -OCH3 is 1. The molecule has 1 aliphatic heterocycles. The third-order valence-corrected chi connectivity index (χ3v) is 3.23. The number of carbonyl (C=O) groups is 1. The minimum atomic E-state index is -0.555. The van der Waals surface area contributed by atoms with Gasteiger partial charge in [-0.25, -0.2) is 0 Å². The Balaban J connectivity index is 1.85. The molecule has 0 bridgehead atoms. The lowest BCUT2D eigenvalue weighted by molar-refractivity contribution is -0.129. The third kappa shape index (κ3) is 3.76. The zero-order chi connectivity index (χ0) is 13.7. The number of nitrogens with two attached hydrogens (primary N) is 1. The van der Waals surface area contributed by atoms with Gasteiger partial charge in [-0.05, 0) is 18.4 Å². The molecule has 104 valence electrons. The van der Waals surface area contributed by atoms with Crippen LogP contribution in [0.4, 0.5) is 0 Å². The van der Waals surface area contributed by atoms with E-state index in [1.807, 2.05) is 30.3 Å². The van der Waals surface area contributed by atoms with Crippen molar-refractivity contribution in [3.05, 3.63) is 35.9 Å². The Hall–Kier alpha value is -1.43. The Morgan fingerprint density at radius 1 is 1.53 bits per heavy atom. The monoisotopic (exact) mass is 264 g/mol. The van der Waals surface area contributed by atoms with E-state index in [0.29, 0.717) is 13.0 Å². The molecular formula is C14H20N2O3. The van der Waals surface area contributed by atoms with Gasteiger partial charge in [0.2, 0.25) is 5.91 Å². The van der Waals surface area contributed by atoms with Gasteiger partial charge < -0.3 is 20.5 Å². The van der Waals surface area contributed by atoms with Crippen LogP contribution in [0.5, 0.6) is 0 Å². The van der Waals surface area contributed by atoms with Crippen molar-refractivity contribution in [3.63, 3.8) is 0 Å². The van der Waals surface area contributed by atoms with Crippen LogP contribution in [0, 0.1) is 0 Å². The number of benzene rings is 1. The molecule has 0 radical (unpaired) electrons. The first kappa shape index (κ1) is 14.0. The normalized spacial score (nSPS) is 24.1. The molecule has 3 N–H and O–H groups in total. The summed E-state index contributed by atoms with van der Waals surface area (Å²) in [7, 11) is 1.57. The highest BCUT2D eigenvalue weighted by atomic mass is 16.7. The van der Waals surface area contributed by atoms with Crippen LogP contribution in [-0.4, -0.2) is 38.0 Å². The molecule has 2 rings (SSSR count). The molecule has 3 atom stereocenters. The quantitative estimate of drug-likeness (QED) is 0.809. The molecule has 1 unspecified atom stereocenters. The average Bonchev–Trinajstić information content (AvgIpc) is 2.87. The summed E-state index contributed by atoms with van der Waals surface area (Å²) in [6, 6.07) is 9.07. The molecule has 19 heavy (non-hydrogen) atoms. The SMILES string of the molecule is COC1OCC[C@@H]1NC(=O)[C@@H](N)Cc1ccccc1. The van der Waals surface area contributed by atoms with Crippen molar-refractivity contribution in [2.24, 2.45) is 5.73 Å². The molecule has 1 saturated heterocycles. The number of hydrogen-bond acceptors (Lipinski definition) is 4. The lowest BCUT2D eigenvalue weighted by Crippen LogP contribution is -2.49. The predicted molar refractivity (Wildman–Crippen MR) is 71.4 cm³/mol. The van der Waals surface area contributed by atoms with Gasteiger partial charge in [-0.15, -0.1) is 0 Å². The minimum Gasteiger partial charge on any atom is -0.354 e. The van der Waals surface area contributed by atoms with Gasteiger partial charge >= 0.3 is 0 Å². The molecule has 5 nitrogen and oxygen atoms in total. The molecule has 1 fully saturated rings. The van der Waals surface area contributed by atoms with E-state index >= 15 is 0 Å². The first-order valence-corrected chi connectivity index (χ1v) is 6.45. The molecule has 0 aromatic heterocycles. The second kappa shape index (κ2) is 6.65. The van der Waals surface area contributed by atoms with Crippen LogP contribution in [-0.2, 0) is 20.7 Å². The van der Waals surface area contributed by atoms with E-state index in [1.165, 1.54) is 0 Å². The molecule has 0 saturated carbocycles. The maximum atomic E-state index is 12.0. The van der Waals surface area contributed by atoms with Gasteiger partial charge in [-0.1, -0.05) is 30.3 Å². The number of rotatable bonds is 5. The predicted octanol–water partition coefficient (Wildman–Crippen LogP) is 0.434. The molecule has 5 heteroatoms. The van der Waals surface area contributed by atoms with Crippen molar-refractivity contribution in [2.45, 2.75) is 31.2 Å². The average molecular weight is 264 g/mol. The van der Waals surface area contributed by atoms with Crippen LogP contribution in [0.25, 0.3) is 0 Å². The van der Waals surface area contributed by atoms with Crippen LogP contribution < -0.4 is 11.1 Å². The molecule has 0 aliphatic carbocycles. The summed E-state index contributed by atoms with van der Waals surface area (Å²) in [6.07, 6.45) is 0.910. The highest BCUT2D eigenvalue weighted by molar-refractivity contribution is 5.82. The van der Waals surface area contributed by atoms with E-state index in [1.54, 1.807) is 7.11 Å². The summed E-state index contributed by atoms with van der Waals surface area (Å²) in [5.41, 5.74) is 6.97. The Labute approximate surface area is 113 Å². The van der Waals surface area contributed by atoms with Crippen molar-refractivity contribution < 1.29 is 14.3 Å². The van der Waals surface area contributed by atoms with E-state index in [2.05, 4.69) is 5.32 Å². The molecule has 1 aliphatic rings. The zero-order valence-electron chi connectivity index (χ0n) is 11.0. The number of carbonyl (C=O) groups excluding carboxylic acids is 1. The largest absolute Gasteiger partial charge is 0.354 e. The van der Waals surface area contributed by atoms with Gasteiger partial charge in [-0.3, -0.25) is 4.79 Å². The fraction of sp³-hybridized carbons (Fsp3) is 0.500. The standard InChI is InChI=1S/C14H20N2O3/c1-18-14-12(7-8-19-14)16-13(17)11(15)9-10-5-3-2-4-6-10/h2-6,11-12,14H,7-9,15H2,1H3,(H,16,17)/t11-,12-,14?/m0/s1. The van der Waals surface area contributed by atoms with Crippen molar-refractivity contribution in [3.8, 4) is 0 Å². The van der Waals surface area contributed by atoms with Crippen LogP contribution in [0.2, 0.25) is 0 Å². The number of amides is 1. The summed E-state index contributed by atoms with van der Waals surface area (Å²) in [5, 5.41) is 2.89. The molecule has 1 aromatic carbocycles. The summed E-state index contributed by atoms with van der Waals surface area (Å²) < 4.78 is 10.5. The molecule has 1 heterocycles. The van der Waals surface area contributed by atoms with E-state index < -0.39 is 6.04 Å². The topological polar surface area (TPSA) is 73.6 Å². The van der Waals surface area contributed by atoms with Gasteiger partial charge in [-0.2, -0.15) is 0 Å². The van der Waals surface area contributed by atoms with E-state index in [-0.39, 0.29) is 18.2 Å². The Bertz CT molecular complexity index is 410. The van der Waals surface area contributed by atoms with Crippen LogP contribution >= 0.6 is 0 Å². The van der Waals surface area contributed by atoms with Crippen molar-refractivity contribution in [1.82, 2.24) is 5.32 Å². The zero-order valence-corrected chi connectivity index (χ0v) is 11.0. The minimum absolute atomic E-state index is 0.112. The van der Waals surface area contributed by atoms with Crippen molar-refractivity contribution in [1.29, 1.82) is 0 Å². The lowest BCUT2D eigenvalue weighted by atomic mass is 10.1. The summed E-state index contributed by atoms with van der Waals surface area (Å²) in [5.74, 6) is -0.165. The third-order valence-electron chi connectivity index (χ3n) is 3.23. The van der Waals surface area contributed by atoms with Gasteiger partial charge in [0.05, 0.1) is 18.7 Å². The second-order valence-electron chi connectivity index (χ2n) is 4.67. The van der Waals surface area contributed by atoms with Crippen LogP contribution in [0.3, 0.4) is 0 Å². The maximum Gasteiger partial charge on any atom is 0.237 e. The van der Waals surface area contributed by atoms with Crippen LogP contribution in [0.15, 0.2) is 30.3 Å². The first-order chi connectivity index (χ1) is 9.20. The van der Waals surface area contributed by atoms with Gasteiger partial charge in [0.15, 0.2) is 6.29 Å². The highest BCUT2D eigenvalue weighted by Gasteiger charge is 2.30. The van der Waals surface area contributed by atoms with Gasteiger partial charge in [0.25, 0.3) is 0 Å². The number of nitrogens with one attached hydrogen (secondary N) is 1.